The van der Waals surface area contributed by atoms with Crippen LogP contribution < -0.4 is 10.6 Å². The Labute approximate surface area is 73.0 Å². The summed E-state index contributed by atoms with van der Waals surface area (Å²) >= 11 is 0. The molecule has 0 saturated carbocycles. The highest BCUT2D eigenvalue weighted by Gasteiger charge is 2.33. The van der Waals surface area contributed by atoms with Crippen molar-refractivity contribution in [3.8, 4) is 0 Å². The average Bonchev–Trinajstić information content (AvgIpc) is 2.01. The fourth-order valence-corrected chi connectivity index (χ4v) is 1.15. The van der Waals surface area contributed by atoms with Crippen molar-refractivity contribution in [3.63, 3.8) is 0 Å². The van der Waals surface area contributed by atoms with Crippen LogP contribution in [0.25, 0.3) is 0 Å². The van der Waals surface area contributed by atoms with Crippen molar-refractivity contribution in [1.29, 1.82) is 0 Å². The number of aliphatic hydroxyl groups is 2. The third-order valence-electron chi connectivity index (χ3n) is 2.21. The fraction of sp³-hybridized carbons (Fsp3) is 1.00. The molecule has 1 rings (SSSR count). The van der Waals surface area contributed by atoms with E-state index in [1.54, 1.807) is 0 Å². The summed E-state index contributed by atoms with van der Waals surface area (Å²) in [4.78, 5) is 0. The quantitative estimate of drug-likeness (QED) is 0.417. The van der Waals surface area contributed by atoms with Gasteiger partial charge >= 0.3 is 0 Å². The maximum Gasteiger partial charge on any atom is 0.102 e. The SMILES string of the molecule is CCC(O)CNCC1(O)CNC1. The molecule has 4 heteroatoms. The largest absolute Gasteiger partial charge is 0.392 e. The molecule has 1 fully saturated rings. The van der Waals surface area contributed by atoms with E-state index >= 15 is 0 Å². The van der Waals surface area contributed by atoms with Gasteiger partial charge in [0.1, 0.15) is 5.60 Å². The van der Waals surface area contributed by atoms with Gasteiger partial charge in [0.25, 0.3) is 0 Å². The molecule has 1 unspecified atom stereocenters. The minimum Gasteiger partial charge on any atom is -0.392 e. The third-order valence-corrected chi connectivity index (χ3v) is 2.21. The summed E-state index contributed by atoms with van der Waals surface area (Å²) in [7, 11) is 0. The van der Waals surface area contributed by atoms with Crippen LogP contribution in [0.5, 0.6) is 0 Å². The molecule has 0 amide bonds. The van der Waals surface area contributed by atoms with E-state index in [2.05, 4.69) is 10.6 Å². The number of rotatable bonds is 5. The van der Waals surface area contributed by atoms with Crippen LogP contribution in [0.3, 0.4) is 0 Å². The molecule has 0 aromatic heterocycles. The summed E-state index contributed by atoms with van der Waals surface area (Å²) < 4.78 is 0. The van der Waals surface area contributed by atoms with Crippen molar-refractivity contribution in [2.45, 2.75) is 25.0 Å². The van der Waals surface area contributed by atoms with Crippen molar-refractivity contribution in [2.24, 2.45) is 0 Å². The average molecular weight is 174 g/mol. The minimum absolute atomic E-state index is 0.290. The van der Waals surface area contributed by atoms with Gasteiger partial charge in [-0.15, -0.1) is 0 Å². The van der Waals surface area contributed by atoms with Crippen LogP contribution in [0, 0.1) is 0 Å². The number of hydrogen-bond acceptors (Lipinski definition) is 4. The van der Waals surface area contributed by atoms with Crippen LogP contribution in [-0.2, 0) is 0 Å². The van der Waals surface area contributed by atoms with Gasteiger partial charge in [0, 0.05) is 26.2 Å². The summed E-state index contributed by atoms with van der Waals surface area (Å²) in [5, 5.41) is 24.8. The molecule has 1 saturated heterocycles. The second-order valence-electron chi connectivity index (χ2n) is 3.52. The summed E-state index contributed by atoms with van der Waals surface area (Å²) in [5.74, 6) is 0. The summed E-state index contributed by atoms with van der Waals surface area (Å²) in [6.45, 7) is 4.38. The van der Waals surface area contributed by atoms with Gasteiger partial charge in [-0.2, -0.15) is 0 Å². The molecule has 1 aliphatic rings. The molecule has 4 N–H and O–H groups in total. The van der Waals surface area contributed by atoms with E-state index < -0.39 is 5.60 Å². The number of nitrogens with one attached hydrogen (secondary N) is 2. The Hall–Kier alpha value is -0.160. The van der Waals surface area contributed by atoms with Crippen LogP contribution in [-0.4, -0.2) is 48.1 Å². The Bertz CT molecular complexity index is 137. The lowest BCUT2D eigenvalue weighted by Crippen LogP contribution is -2.64. The molecule has 1 heterocycles. The fourth-order valence-electron chi connectivity index (χ4n) is 1.15. The van der Waals surface area contributed by atoms with E-state index in [4.69, 9.17) is 0 Å². The Morgan fingerprint density at radius 1 is 1.58 bits per heavy atom. The first-order valence-electron chi connectivity index (χ1n) is 4.48. The first-order valence-corrected chi connectivity index (χ1v) is 4.48. The Morgan fingerprint density at radius 3 is 2.67 bits per heavy atom. The molecule has 0 aliphatic carbocycles. The van der Waals surface area contributed by atoms with E-state index in [-0.39, 0.29) is 6.10 Å². The first kappa shape index (κ1) is 9.92. The van der Waals surface area contributed by atoms with Gasteiger partial charge < -0.3 is 20.8 Å². The molecule has 12 heavy (non-hydrogen) atoms. The van der Waals surface area contributed by atoms with Gasteiger partial charge in [-0.1, -0.05) is 6.92 Å². The van der Waals surface area contributed by atoms with Gasteiger partial charge in [0.2, 0.25) is 0 Å². The molecule has 4 nitrogen and oxygen atoms in total. The van der Waals surface area contributed by atoms with Gasteiger partial charge in [0.15, 0.2) is 0 Å². The van der Waals surface area contributed by atoms with E-state index in [1.807, 2.05) is 6.92 Å². The predicted molar refractivity (Wildman–Crippen MR) is 47.0 cm³/mol. The van der Waals surface area contributed by atoms with E-state index in [0.29, 0.717) is 26.2 Å². The highest BCUT2D eigenvalue weighted by molar-refractivity contribution is 4.94. The van der Waals surface area contributed by atoms with Crippen LogP contribution >= 0.6 is 0 Å². The highest BCUT2D eigenvalue weighted by atomic mass is 16.3. The predicted octanol–water partition coefficient (Wildman–Crippen LogP) is -1.32. The van der Waals surface area contributed by atoms with Crippen LogP contribution in [0.15, 0.2) is 0 Å². The molecule has 0 aromatic rings. The normalized spacial score (nSPS) is 23.2. The summed E-state index contributed by atoms with van der Waals surface area (Å²) in [5.41, 5.74) is -0.576. The summed E-state index contributed by atoms with van der Waals surface area (Å²) in [6, 6.07) is 0. The van der Waals surface area contributed by atoms with Gasteiger partial charge in [-0.25, -0.2) is 0 Å². The van der Waals surface area contributed by atoms with Crippen LogP contribution in [0.4, 0.5) is 0 Å². The lowest BCUT2D eigenvalue weighted by atomic mass is 9.97. The molecule has 0 bridgehead atoms. The lowest BCUT2D eigenvalue weighted by Gasteiger charge is -2.37. The zero-order valence-corrected chi connectivity index (χ0v) is 7.51. The third kappa shape index (κ3) is 2.71. The summed E-state index contributed by atoms with van der Waals surface area (Å²) in [6.07, 6.45) is 0.463. The lowest BCUT2D eigenvalue weighted by molar-refractivity contribution is -0.0103. The molecule has 1 atom stereocenters. The van der Waals surface area contributed by atoms with Crippen molar-refractivity contribution in [1.82, 2.24) is 10.6 Å². The monoisotopic (exact) mass is 174 g/mol. The molecule has 0 aromatic carbocycles. The maximum absolute atomic E-state index is 9.59. The van der Waals surface area contributed by atoms with Gasteiger partial charge in [0.05, 0.1) is 6.10 Å². The minimum atomic E-state index is -0.576. The molecular weight excluding hydrogens is 156 g/mol. The van der Waals surface area contributed by atoms with Crippen LogP contribution in [0.1, 0.15) is 13.3 Å². The molecular formula is C8H18N2O2. The zero-order chi connectivity index (χ0) is 9.03. The smallest absolute Gasteiger partial charge is 0.102 e. The van der Waals surface area contributed by atoms with E-state index in [9.17, 15) is 10.2 Å². The molecule has 1 aliphatic heterocycles. The number of hydrogen-bond donors (Lipinski definition) is 4. The van der Waals surface area contributed by atoms with E-state index in [1.165, 1.54) is 0 Å². The van der Waals surface area contributed by atoms with Crippen LogP contribution in [0.2, 0.25) is 0 Å². The highest BCUT2D eigenvalue weighted by Crippen LogP contribution is 2.07. The van der Waals surface area contributed by atoms with Crippen molar-refractivity contribution >= 4 is 0 Å². The second kappa shape index (κ2) is 4.18. The Kier molecular flexibility index (Phi) is 3.46. The van der Waals surface area contributed by atoms with Gasteiger partial charge in [-0.3, -0.25) is 0 Å². The molecule has 0 radical (unpaired) electrons. The number of β-amino-alcohol motifs (C(OH)–C–C–N with tert-alkyl or cyclic N) is 1. The second-order valence-corrected chi connectivity index (χ2v) is 3.52. The molecule has 72 valence electrons. The first-order chi connectivity index (χ1) is 5.66. The van der Waals surface area contributed by atoms with Crippen molar-refractivity contribution in [3.05, 3.63) is 0 Å². The molecule has 0 spiro atoms. The van der Waals surface area contributed by atoms with Gasteiger partial charge in [-0.05, 0) is 6.42 Å². The van der Waals surface area contributed by atoms with Crippen molar-refractivity contribution in [2.75, 3.05) is 26.2 Å². The standard InChI is InChI=1S/C8H18N2O2/c1-2-7(11)3-9-4-8(12)5-10-6-8/h7,9-12H,2-6H2,1H3. The van der Waals surface area contributed by atoms with Crippen molar-refractivity contribution < 1.29 is 10.2 Å². The Morgan fingerprint density at radius 2 is 2.25 bits per heavy atom. The zero-order valence-electron chi connectivity index (χ0n) is 7.51. The van der Waals surface area contributed by atoms with E-state index in [0.717, 1.165) is 6.42 Å². The Balaban J connectivity index is 2.01. The topological polar surface area (TPSA) is 64.5 Å². The number of aliphatic hydroxyl groups excluding tert-OH is 1. The maximum atomic E-state index is 9.59.